The second-order valence-electron chi connectivity index (χ2n) is 4.43. The number of carboxylic acids is 1. The van der Waals surface area contributed by atoms with Crippen LogP contribution >= 0.6 is 0 Å². The summed E-state index contributed by atoms with van der Waals surface area (Å²) in [5, 5.41) is 8.82. The van der Waals surface area contributed by atoms with Gasteiger partial charge in [-0.2, -0.15) is 0 Å². The summed E-state index contributed by atoms with van der Waals surface area (Å²) in [7, 11) is 1.61. The number of carbonyl (C=O) groups excluding carboxylic acids is 1. The summed E-state index contributed by atoms with van der Waals surface area (Å²) < 4.78 is 4.96. The zero-order chi connectivity index (χ0) is 12.1. The molecule has 0 aromatic heterocycles. The summed E-state index contributed by atoms with van der Waals surface area (Å²) in [6.45, 7) is 3.43. The highest BCUT2D eigenvalue weighted by Crippen LogP contribution is 2.18. The number of carbonyl (C=O) groups is 2. The first-order chi connectivity index (χ1) is 7.54. The zero-order valence-corrected chi connectivity index (χ0v) is 9.81. The molecule has 0 aromatic rings. The Balaban J connectivity index is 2.36. The molecule has 1 aliphatic heterocycles. The monoisotopic (exact) mass is 229 g/mol. The maximum Gasteiger partial charge on any atom is 0.308 e. The molecule has 0 radical (unpaired) electrons. The molecule has 5 heteroatoms. The van der Waals surface area contributed by atoms with Crippen LogP contribution in [0.2, 0.25) is 0 Å². The summed E-state index contributed by atoms with van der Waals surface area (Å²) in [6.07, 6.45) is 1.000. The van der Waals surface area contributed by atoms with Crippen molar-refractivity contribution in [3.63, 3.8) is 0 Å². The molecule has 16 heavy (non-hydrogen) atoms. The SMILES string of the molecule is COCC(C)CC(=O)N1CCC(C(=O)O)C1. The van der Waals surface area contributed by atoms with Crippen molar-refractivity contribution < 1.29 is 19.4 Å². The van der Waals surface area contributed by atoms with Crippen LogP contribution in [0.25, 0.3) is 0 Å². The Hall–Kier alpha value is -1.10. The predicted molar refractivity (Wildman–Crippen MR) is 58.0 cm³/mol. The van der Waals surface area contributed by atoms with Crippen molar-refractivity contribution in [1.29, 1.82) is 0 Å². The molecule has 0 aromatic carbocycles. The number of ether oxygens (including phenoxy) is 1. The third-order valence-corrected chi connectivity index (χ3v) is 2.86. The van der Waals surface area contributed by atoms with Crippen LogP contribution in [0.15, 0.2) is 0 Å². The van der Waals surface area contributed by atoms with Gasteiger partial charge in [-0.25, -0.2) is 0 Å². The van der Waals surface area contributed by atoms with Crippen molar-refractivity contribution in [2.45, 2.75) is 19.8 Å². The molecule has 1 fully saturated rings. The van der Waals surface area contributed by atoms with E-state index in [2.05, 4.69) is 0 Å². The lowest BCUT2D eigenvalue weighted by atomic mass is 10.1. The van der Waals surface area contributed by atoms with Gasteiger partial charge in [-0.3, -0.25) is 9.59 Å². The van der Waals surface area contributed by atoms with Crippen LogP contribution in [0.4, 0.5) is 0 Å². The topological polar surface area (TPSA) is 66.8 Å². The Morgan fingerprint density at radius 1 is 1.56 bits per heavy atom. The van der Waals surface area contributed by atoms with Gasteiger partial charge < -0.3 is 14.7 Å². The van der Waals surface area contributed by atoms with Crippen LogP contribution in [-0.2, 0) is 14.3 Å². The minimum atomic E-state index is -0.805. The van der Waals surface area contributed by atoms with Crippen molar-refractivity contribution in [3.05, 3.63) is 0 Å². The summed E-state index contributed by atoms with van der Waals surface area (Å²) in [6, 6.07) is 0. The van der Waals surface area contributed by atoms with Crippen LogP contribution in [0.3, 0.4) is 0 Å². The summed E-state index contributed by atoms with van der Waals surface area (Å²) >= 11 is 0. The van der Waals surface area contributed by atoms with Crippen molar-refractivity contribution in [1.82, 2.24) is 4.90 Å². The van der Waals surface area contributed by atoms with Crippen LogP contribution in [-0.4, -0.2) is 48.7 Å². The molecular weight excluding hydrogens is 210 g/mol. The maximum absolute atomic E-state index is 11.8. The van der Waals surface area contributed by atoms with E-state index in [0.29, 0.717) is 32.5 Å². The van der Waals surface area contributed by atoms with Gasteiger partial charge in [-0.05, 0) is 12.3 Å². The van der Waals surface area contributed by atoms with Gasteiger partial charge in [0.15, 0.2) is 0 Å². The van der Waals surface area contributed by atoms with E-state index in [1.54, 1.807) is 12.0 Å². The molecule has 0 aliphatic carbocycles. The average Bonchev–Trinajstić information content (AvgIpc) is 2.66. The normalized spacial score (nSPS) is 22.1. The molecule has 0 saturated carbocycles. The highest BCUT2D eigenvalue weighted by atomic mass is 16.5. The Labute approximate surface area is 95.4 Å². The molecule has 2 atom stereocenters. The highest BCUT2D eigenvalue weighted by molar-refractivity contribution is 5.78. The molecule has 1 saturated heterocycles. The second kappa shape index (κ2) is 5.84. The lowest BCUT2D eigenvalue weighted by Crippen LogP contribution is -2.31. The third kappa shape index (κ3) is 3.48. The quantitative estimate of drug-likeness (QED) is 0.749. The number of likely N-dealkylation sites (tertiary alicyclic amines) is 1. The summed E-state index contributed by atoms with van der Waals surface area (Å²) in [5.41, 5.74) is 0. The highest BCUT2D eigenvalue weighted by Gasteiger charge is 2.30. The van der Waals surface area contributed by atoms with E-state index in [9.17, 15) is 9.59 Å². The van der Waals surface area contributed by atoms with Gasteiger partial charge in [0.25, 0.3) is 0 Å². The molecule has 5 nitrogen and oxygen atoms in total. The fraction of sp³-hybridized carbons (Fsp3) is 0.818. The molecule has 1 heterocycles. The van der Waals surface area contributed by atoms with Crippen LogP contribution < -0.4 is 0 Å². The molecule has 2 unspecified atom stereocenters. The Kier molecular flexibility index (Phi) is 4.73. The summed E-state index contributed by atoms with van der Waals surface area (Å²) in [5.74, 6) is -0.975. The van der Waals surface area contributed by atoms with Crippen molar-refractivity contribution in [2.75, 3.05) is 26.8 Å². The van der Waals surface area contributed by atoms with E-state index >= 15 is 0 Å². The van der Waals surface area contributed by atoms with E-state index in [0.717, 1.165) is 0 Å². The molecular formula is C11H19NO4. The van der Waals surface area contributed by atoms with Crippen LogP contribution in [0, 0.1) is 11.8 Å². The van der Waals surface area contributed by atoms with Gasteiger partial charge in [0.1, 0.15) is 0 Å². The first kappa shape index (κ1) is 13.0. The van der Waals surface area contributed by atoms with Gasteiger partial charge in [0, 0.05) is 33.2 Å². The molecule has 1 N–H and O–H groups in total. The molecule has 1 aliphatic rings. The predicted octanol–water partition coefficient (Wildman–Crippen LogP) is 0.592. The number of carboxylic acid groups (broad SMARTS) is 1. The molecule has 92 valence electrons. The van der Waals surface area contributed by atoms with Crippen LogP contribution in [0.1, 0.15) is 19.8 Å². The van der Waals surface area contributed by atoms with Gasteiger partial charge in [-0.15, -0.1) is 0 Å². The average molecular weight is 229 g/mol. The number of hydrogen-bond acceptors (Lipinski definition) is 3. The van der Waals surface area contributed by atoms with Gasteiger partial charge in [-0.1, -0.05) is 6.92 Å². The van der Waals surface area contributed by atoms with E-state index < -0.39 is 5.97 Å². The standard InChI is InChI=1S/C11H19NO4/c1-8(7-16-2)5-10(13)12-4-3-9(6-12)11(14)15/h8-9H,3-7H2,1-2H3,(H,14,15). The van der Waals surface area contributed by atoms with Crippen molar-refractivity contribution in [2.24, 2.45) is 11.8 Å². The van der Waals surface area contributed by atoms with E-state index in [4.69, 9.17) is 9.84 Å². The van der Waals surface area contributed by atoms with E-state index in [1.807, 2.05) is 6.92 Å². The van der Waals surface area contributed by atoms with Gasteiger partial charge in [0.05, 0.1) is 5.92 Å². The minimum Gasteiger partial charge on any atom is -0.481 e. The largest absolute Gasteiger partial charge is 0.481 e. The zero-order valence-electron chi connectivity index (χ0n) is 9.81. The number of amides is 1. The fourth-order valence-corrected chi connectivity index (χ4v) is 1.96. The number of hydrogen-bond donors (Lipinski definition) is 1. The number of aliphatic carboxylic acids is 1. The minimum absolute atomic E-state index is 0.0355. The maximum atomic E-state index is 11.8. The first-order valence-electron chi connectivity index (χ1n) is 5.54. The number of rotatable bonds is 5. The molecule has 0 spiro atoms. The summed E-state index contributed by atoms with van der Waals surface area (Å²) in [4.78, 5) is 24.2. The van der Waals surface area contributed by atoms with Gasteiger partial charge >= 0.3 is 5.97 Å². The van der Waals surface area contributed by atoms with Gasteiger partial charge in [0.2, 0.25) is 5.91 Å². The number of nitrogens with zero attached hydrogens (tertiary/aromatic N) is 1. The van der Waals surface area contributed by atoms with Crippen LogP contribution in [0.5, 0.6) is 0 Å². The third-order valence-electron chi connectivity index (χ3n) is 2.86. The molecule has 1 rings (SSSR count). The lowest BCUT2D eigenvalue weighted by molar-refractivity contribution is -0.141. The smallest absolute Gasteiger partial charge is 0.308 e. The number of methoxy groups -OCH3 is 1. The van der Waals surface area contributed by atoms with Crippen molar-refractivity contribution in [3.8, 4) is 0 Å². The Morgan fingerprint density at radius 3 is 2.75 bits per heavy atom. The molecule has 0 bridgehead atoms. The lowest BCUT2D eigenvalue weighted by Gasteiger charge is -2.18. The second-order valence-corrected chi connectivity index (χ2v) is 4.43. The fourth-order valence-electron chi connectivity index (χ4n) is 1.96. The Morgan fingerprint density at radius 2 is 2.25 bits per heavy atom. The van der Waals surface area contributed by atoms with E-state index in [1.165, 1.54) is 0 Å². The van der Waals surface area contributed by atoms with Crippen molar-refractivity contribution >= 4 is 11.9 Å². The Bertz CT molecular complexity index is 267. The molecule has 1 amide bonds. The first-order valence-corrected chi connectivity index (χ1v) is 5.54. The van der Waals surface area contributed by atoms with E-state index in [-0.39, 0.29) is 17.7 Å².